The average molecular weight is 371 g/mol. The molecule has 0 spiro atoms. The molecule has 1 aromatic rings. The molecular formula is C13H14Cl3NO3S. The van der Waals surface area contributed by atoms with Gasteiger partial charge in [0.2, 0.25) is 0 Å². The van der Waals surface area contributed by atoms with Crippen molar-refractivity contribution < 1.29 is 14.6 Å². The van der Waals surface area contributed by atoms with Crippen LogP contribution in [0, 0.1) is 0 Å². The van der Waals surface area contributed by atoms with Crippen LogP contribution in [-0.2, 0) is 9.53 Å². The van der Waals surface area contributed by atoms with Crippen molar-refractivity contribution in [3.63, 3.8) is 0 Å². The number of ether oxygens (including phenoxy) is 1. The van der Waals surface area contributed by atoms with Crippen LogP contribution in [0.5, 0.6) is 0 Å². The zero-order valence-electron chi connectivity index (χ0n) is 11.0. The molecule has 116 valence electrons. The first-order valence-corrected chi connectivity index (χ1v) is 8.27. The van der Waals surface area contributed by atoms with E-state index in [9.17, 15) is 4.79 Å². The van der Waals surface area contributed by atoms with Crippen LogP contribution in [0.4, 0.5) is 0 Å². The minimum absolute atomic E-state index is 0.150. The molecule has 0 bridgehead atoms. The van der Waals surface area contributed by atoms with Crippen LogP contribution < -0.4 is 0 Å². The van der Waals surface area contributed by atoms with Crippen molar-refractivity contribution in [1.29, 1.82) is 0 Å². The van der Waals surface area contributed by atoms with Crippen LogP contribution in [0.15, 0.2) is 17.0 Å². The first-order chi connectivity index (χ1) is 9.97. The summed E-state index contributed by atoms with van der Waals surface area (Å²) in [6.07, 6.45) is 1.98. The third kappa shape index (κ3) is 4.91. The van der Waals surface area contributed by atoms with Crippen LogP contribution >= 0.6 is 46.8 Å². The van der Waals surface area contributed by atoms with Gasteiger partial charge in [0.05, 0.1) is 21.5 Å². The fourth-order valence-electron chi connectivity index (χ4n) is 2.11. The molecule has 0 aliphatic carbocycles. The lowest BCUT2D eigenvalue weighted by atomic mass is 10.2. The molecule has 1 atom stereocenters. The molecule has 0 aromatic heterocycles. The molecule has 1 aliphatic rings. The largest absolute Gasteiger partial charge is 0.480 e. The van der Waals surface area contributed by atoms with E-state index in [1.165, 1.54) is 11.9 Å². The summed E-state index contributed by atoms with van der Waals surface area (Å²) < 4.78 is 7.31. The van der Waals surface area contributed by atoms with Crippen molar-refractivity contribution in [3.8, 4) is 0 Å². The molecular weight excluding hydrogens is 357 g/mol. The highest BCUT2D eigenvalue weighted by Gasteiger charge is 2.27. The molecule has 1 unspecified atom stereocenters. The number of carboxylic acids is 1. The number of nitrogens with zero attached hydrogens (tertiary/aromatic N) is 1. The summed E-state index contributed by atoms with van der Waals surface area (Å²) in [5.41, 5.74) is 0. The summed E-state index contributed by atoms with van der Waals surface area (Å²) in [6.45, 7) is 0.973. The molecule has 2 rings (SSSR count). The average Bonchev–Trinajstić information content (AvgIpc) is 2.80. The van der Waals surface area contributed by atoms with E-state index in [2.05, 4.69) is 4.31 Å². The molecule has 0 radical (unpaired) electrons. The Balaban J connectivity index is 1.99. The highest BCUT2D eigenvalue weighted by atomic mass is 35.5. The van der Waals surface area contributed by atoms with E-state index in [-0.39, 0.29) is 12.6 Å². The number of benzene rings is 1. The van der Waals surface area contributed by atoms with Gasteiger partial charge in [0.15, 0.2) is 0 Å². The zero-order valence-corrected chi connectivity index (χ0v) is 14.1. The van der Waals surface area contributed by atoms with E-state index in [1.54, 1.807) is 12.1 Å². The maximum Gasteiger partial charge on any atom is 0.329 e. The molecule has 1 aromatic carbocycles. The summed E-state index contributed by atoms with van der Waals surface area (Å²) in [4.78, 5) is 11.2. The van der Waals surface area contributed by atoms with E-state index < -0.39 is 5.97 Å². The van der Waals surface area contributed by atoms with Crippen LogP contribution in [0.1, 0.15) is 12.8 Å². The van der Waals surface area contributed by atoms with Gasteiger partial charge in [-0.3, -0.25) is 0 Å². The molecule has 1 saturated heterocycles. The fraction of sp³-hybridized carbons (Fsp3) is 0.462. The normalized spacial score (nSPS) is 19.1. The lowest BCUT2D eigenvalue weighted by molar-refractivity contribution is -0.142. The second kappa shape index (κ2) is 7.90. The molecule has 1 aliphatic heterocycles. The van der Waals surface area contributed by atoms with E-state index in [0.717, 1.165) is 24.3 Å². The van der Waals surface area contributed by atoms with Crippen LogP contribution in [0.3, 0.4) is 0 Å². The Hall–Kier alpha value is -0.170. The van der Waals surface area contributed by atoms with Crippen molar-refractivity contribution in [3.05, 3.63) is 27.2 Å². The topological polar surface area (TPSA) is 49.8 Å². The van der Waals surface area contributed by atoms with Crippen LogP contribution in [0.2, 0.25) is 15.1 Å². The first kappa shape index (κ1) is 17.2. The van der Waals surface area contributed by atoms with Gasteiger partial charge in [-0.1, -0.05) is 34.8 Å². The van der Waals surface area contributed by atoms with Crippen molar-refractivity contribution >= 4 is 52.7 Å². The number of rotatable bonds is 6. The van der Waals surface area contributed by atoms with E-state index >= 15 is 0 Å². The number of carboxylic acid groups (broad SMARTS) is 1. The van der Waals surface area contributed by atoms with Crippen LogP contribution in [-0.4, -0.2) is 41.2 Å². The monoisotopic (exact) mass is 369 g/mol. The Kier molecular flexibility index (Phi) is 6.47. The summed E-state index contributed by atoms with van der Waals surface area (Å²) in [7, 11) is 0. The number of aliphatic carboxylic acids is 1. The summed E-state index contributed by atoms with van der Waals surface area (Å²) in [5, 5.41) is 10.1. The quantitative estimate of drug-likeness (QED) is 0.760. The molecule has 8 heteroatoms. The summed E-state index contributed by atoms with van der Waals surface area (Å²) in [5.74, 6) is -0.962. The number of carbonyl (C=O) groups is 1. The van der Waals surface area contributed by atoms with Gasteiger partial charge in [-0.15, -0.1) is 0 Å². The molecule has 4 nitrogen and oxygen atoms in total. The molecule has 0 saturated carbocycles. The van der Waals surface area contributed by atoms with Gasteiger partial charge in [0, 0.05) is 17.6 Å². The Morgan fingerprint density at radius 1 is 1.38 bits per heavy atom. The lowest BCUT2D eigenvalue weighted by Crippen LogP contribution is -2.28. The van der Waals surface area contributed by atoms with E-state index in [1.807, 2.05) is 0 Å². The zero-order chi connectivity index (χ0) is 15.4. The molecule has 0 amide bonds. The number of hydrogen-bond donors (Lipinski definition) is 1. The maximum absolute atomic E-state index is 10.5. The van der Waals surface area contributed by atoms with E-state index in [4.69, 9.17) is 44.6 Å². The van der Waals surface area contributed by atoms with Crippen molar-refractivity contribution in [2.24, 2.45) is 0 Å². The highest BCUT2D eigenvalue weighted by Crippen LogP contribution is 2.40. The second-order valence-corrected chi connectivity index (χ2v) is 6.95. The highest BCUT2D eigenvalue weighted by molar-refractivity contribution is 7.97. The van der Waals surface area contributed by atoms with Crippen molar-refractivity contribution in [2.45, 2.75) is 23.8 Å². The Bertz CT molecular complexity index is 506. The second-order valence-electron chi connectivity index (χ2n) is 4.64. The predicted molar refractivity (Wildman–Crippen MR) is 85.5 cm³/mol. The van der Waals surface area contributed by atoms with Gasteiger partial charge in [-0.05, 0) is 36.9 Å². The lowest BCUT2D eigenvalue weighted by Gasteiger charge is -2.23. The third-order valence-electron chi connectivity index (χ3n) is 3.03. The smallest absolute Gasteiger partial charge is 0.329 e. The standard InChI is InChI=1S/C13H14Cl3NO3S/c14-8-4-10(15)13(11(16)5-8)21-17-3-1-2-9(17)6-20-7-12(18)19/h4-5,9H,1-3,6-7H2,(H,18,19). The minimum atomic E-state index is -0.962. The molecule has 1 N–H and O–H groups in total. The molecule has 1 fully saturated rings. The van der Waals surface area contributed by atoms with Gasteiger partial charge in [-0.2, -0.15) is 0 Å². The summed E-state index contributed by atoms with van der Waals surface area (Å²) in [6, 6.07) is 3.46. The summed E-state index contributed by atoms with van der Waals surface area (Å²) >= 11 is 19.7. The predicted octanol–water partition coefficient (Wildman–Crippen LogP) is 4.22. The van der Waals surface area contributed by atoms with Gasteiger partial charge in [0.25, 0.3) is 0 Å². The SMILES string of the molecule is O=C(O)COCC1CCCN1Sc1c(Cl)cc(Cl)cc1Cl. The first-order valence-electron chi connectivity index (χ1n) is 6.36. The van der Waals surface area contributed by atoms with Gasteiger partial charge in [-0.25, -0.2) is 9.10 Å². The van der Waals surface area contributed by atoms with Crippen LogP contribution in [0.25, 0.3) is 0 Å². The van der Waals surface area contributed by atoms with Gasteiger partial charge >= 0.3 is 5.97 Å². The third-order valence-corrected chi connectivity index (χ3v) is 5.41. The maximum atomic E-state index is 10.5. The van der Waals surface area contributed by atoms with E-state index in [0.29, 0.717) is 21.7 Å². The molecule has 1 heterocycles. The fourth-order valence-corrected chi connectivity index (χ4v) is 4.20. The number of hydrogen-bond acceptors (Lipinski definition) is 4. The Morgan fingerprint density at radius 2 is 2.05 bits per heavy atom. The number of halogens is 3. The Labute approximate surface area is 142 Å². The van der Waals surface area contributed by atoms with Gasteiger partial charge < -0.3 is 9.84 Å². The Morgan fingerprint density at radius 3 is 2.67 bits per heavy atom. The van der Waals surface area contributed by atoms with Gasteiger partial charge in [0.1, 0.15) is 6.61 Å². The van der Waals surface area contributed by atoms with Crippen molar-refractivity contribution in [2.75, 3.05) is 19.8 Å². The van der Waals surface area contributed by atoms with Crippen molar-refractivity contribution in [1.82, 2.24) is 4.31 Å². The minimum Gasteiger partial charge on any atom is -0.480 e. The molecule has 21 heavy (non-hydrogen) atoms.